The van der Waals surface area contributed by atoms with Gasteiger partial charge in [0, 0.05) is 0 Å². The first-order chi connectivity index (χ1) is 5.11. The van der Waals surface area contributed by atoms with Crippen molar-refractivity contribution in [3.8, 4) is 0 Å². The highest BCUT2D eigenvalue weighted by molar-refractivity contribution is 6.01. The van der Waals surface area contributed by atoms with E-state index < -0.39 is 0 Å². The van der Waals surface area contributed by atoms with Crippen LogP contribution in [0.2, 0.25) is 0 Å². The molecule has 0 unspecified atom stereocenters. The van der Waals surface area contributed by atoms with Gasteiger partial charge in [0.05, 0.1) is 5.71 Å². The van der Waals surface area contributed by atoms with Crippen LogP contribution in [0.4, 0.5) is 0 Å². The predicted molar refractivity (Wildman–Crippen MR) is 51.0 cm³/mol. The average molecular weight is 149 g/mol. The predicted octanol–water partition coefficient (Wildman–Crippen LogP) is 2.96. The van der Waals surface area contributed by atoms with Crippen molar-refractivity contribution < 1.29 is 0 Å². The monoisotopic (exact) mass is 149 g/mol. The lowest BCUT2D eigenvalue weighted by atomic mass is 10.0. The molecular formula is C10H15N. The fourth-order valence-corrected chi connectivity index (χ4v) is 0.700. The van der Waals surface area contributed by atoms with E-state index in [-0.39, 0.29) is 0 Å². The molecular weight excluding hydrogens is 134 g/mol. The number of hydrogen-bond acceptors (Lipinski definition) is 1. The summed E-state index contributed by atoms with van der Waals surface area (Å²) in [6.07, 6.45) is 5.08. The molecule has 1 N–H and O–H groups in total. The topological polar surface area (TPSA) is 23.9 Å². The summed E-state index contributed by atoms with van der Waals surface area (Å²) in [5, 5.41) is 7.32. The molecule has 0 amide bonds. The van der Waals surface area contributed by atoms with Crippen LogP contribution < -0.4 is 0 Å². The summed E-state index contributed by atoms with van der Waals surface area (Å²) < 4.78 is 0. The van der Waals surface area contributed by atoms with E-state index in [2.05, 4.69) is 27.0 Å². The summed E-state index contributed by atoms with van der Waals surface area (Å²) in [5.41, 5.74) is 1.52. The number of allylic oxidation sites excluding steroid dienone is 4. The summed E-state index contributed by atoms with van der Waals surface area (Å²) in [7, 11) is 0. The number of hydrogen-bond donors (Lipinski definition) is 1. The van der Waals surface area contributed by atoms with Gasteiger partial charge in [-0.1, -0.05) is 33.1 Å². The second-order valence-electron chi connectivity index (χ2n) is 2.66. The maximum absolute atomic E-state index is 7.32. The van der Waals surface area contributed by atoms with E-state index in [9.17, 15) is 0 Å². The molecule has 0 rings (SSSR count). The third kappa shape index (κ3) is 3.56. The molecule has 0 radical (unpaired) electrons. The Hall–Kier alpha value is -1.11. The van der Waals surface area contributed by atoms with Gasteiger partial charge >= 0.3 is 0 Å². The van der Waals surface area contributed by atoms with Gasteiger partial charge in [-0.3, -0.25) is 0 Å². The number of rotatable bonds is 4. The summed E-state index contributed by atoms with van der Waals surface area (Å²) in [5.74, 6) is 0.424. The van der Waals surface area contributed by atoms with Gasteiger partial charge in [-0.15, -0.1) is 0 Å². The van der Waals surface area contributed by atoms with Crippen LogP contribution >= 0.6 is 0 Å². The molecule has 0 heterocycles. The Bertz CT molecular complexity index is 197. The Morgan fingerprint density at radius 3 is 2.09 bits per heavy atom. The molecule has 0 aromatic carbocycles. The first-order valence-corrected chi connectivity index (χ1v) is 3.66. The van der Waals surface area contributed by atoms with E-state index >= 15 is 0 Å². The van der Waals surface area contributed by atoms with Gasteiger partial charge in [-0.05, 0) is 23.6 Å². The minimum absolute atomic E-state index is 0.424. The molecule has 0 aromatic rings. The molecule has 1 nitrogen and oxygen atoms in total. The van der Waals surface area contributed by atoms with Gasteiger partial charge in [-0.2, -0.15) is 0 Å². The highest BCUT2D eigenvalue weighted by Crippen LogP contribution is 2.09. The summed E-state index contributed by atoms with van der Waals surface area (Å²) in [4.78, 5) is 0. The first-order valence-electron chi connectivity index (χ1n) is 3.66. The van der Waals surface area contributed by atoms with E-state index in [4.69, 9.17) is 5.41 Å². The molecule has 0 aliphatic rings. The Morgan fingerprint density at radius 2 is 1.82 bits per heavy atom. The lowest BCUT2D eigenvalue weighted by Gasteiger charge is -2.04. The normalized spacial score (nSPS) is 11.4. The average Bonchev–Trinajstić information content (AvgIpc) is 1.99. The molecule has 0 aromatic heterocycles. The van der Waals surface area contributed by atoms with Crippen LogP contribution in [0.1, 0.15) is 13.8 Å². The van der Waals surface area contributed by atoms with Gasteiger partial charge < -0.3 is 5.41 Å². The maximum Gasteiger partial charge on any atom is 0.0536 e. The first kappa shape index (κ1) is 9.89. The van der Waals surface area contributed by atoms with Crippen molar-refractivity contribution in [2.75, 3.05) is 0 Å². The molecule has 0 saturated carbocycles. The third-order valence-corrected chi connectivity index (χ3v) is 1.44. The van der Waals surface area contributed by atoms with Crippen LogP contribution in [0.5, 0.6) is 0 Å². The van der Waals surface area contributed by atoms with Gasteiger partial charge in [0.15, 0.2) is 0 Å². The molecule has 0 saturated heterocycles. The van der Waals surface area contributed by atoms with Crippen LogP contribution in [0, 0.1) is 11.3 Å². The van der Waals surface area contributed by atoms with Crippen molar-refractivity contribution in [3.05, 3.63) is 37.0 Å². The van der Waals surface area contributed by atoms with Crippen molar-refractivity contribution in [3.63, 3.8) is 0 Å². The van der Waals surface area contributed by atoms with Crippen molar-refractivity contribution >= 4 is 5.71 Å². The third-order valence-electron chi connectivity index (χ3n) is 1.44. The smallest absolute Gasteiger partial charge is 0.0536 e. The Labute approximate surface area is 68.6 Å². The molecule has 0 bridgehead atoms. The molecule has 11 heavy (non-hydrogen) atoms. The van der Waals surface area contributed by atoms with Crippen molar-refractivity contribution in [2.24, 2.45) is 5.92 Å². The minimum atomic E-state index is 0.424. The minimum Gasteiger partial charge on any atom is -0.301 e. The van der Waals surface area contributed by atoms with Crippen molar-refractivity contribution in [1.29, 1.82) is 5.41 Å². The van der Waals surface area contributed by atoms with E-state index in [1.807, 2.05) is 0 Å². The molecule has 60 valence electrons. The van der Waals surface area contributed by atoms with Crippen LogP contribution in [0.3, 0.4) is 0 Å². The standard InChI is InChI=1S/C10H15N/c1-5-9(8(3)4)7-10(11)6-2/h5-8,11H,1-2H2,3-4H3/b9-7-,11-10?. The zero-order valence-electron chi connectivity index (χ0n) is 7.22. The van der Waals surface area contributed by atoms with Gasteiger partial charge in [0.1, 0.15) is 0 Å². The molecule has 0 aliphatic heterocycles. The lowest BCUT2D eigenvalue weighted by Crippen LogP contribution is -1.94. The largest absolute Gasteiger partial charge is 0.301 e. The number of nitrogens with one attached hydrogen (secondary N) is 1. The highest BCUT2D eigenvalue weighted by atomic mass is 14.4. The Morgan fingerprint density at radius 1 is 1.27 bits per heavy atom. The van der Waals surface area contributed by atoms with E-state index in [0.29, 0.717) is 11.6 Å². The molecule has 1 heteroatoms. The van der Waals surface area contributed by atoms with Crippen LogP contribution in [0.15, 0.2) is 37.0 Å². The van der Waals surface area contributed by atoms with Gasteiger partial charge in [-0.25, -0.2) is 0 Å². The molecule has 0 spiro atoms. The second kappa shape index (κ2) is 4.67. The SMILES string of the molecule is C=CC(=N)/C=C(/C=C)C(C)C. The van der Waals surface area contributed by atoms with E-state index in [0.717, 1.165) is 5.57 Å². The zero-order chi connectivity index (χ0) is 8.85. The van der Waals surface area contributed by atoms with Crippen LogP contribution in [-0.2, 0) is 0 Å². The second-order valence-corrected chi connectivity index (χ2v) is 2.66. The fourth-order valence-electron chi connectivity index (χ4n) is 0.700. The molecule has 0 atom stereocenters. The van der Waals surface area contributed by atoms with Crippen molar-refractivity contribution in [2.45, 2.75) is 13.8 Å². The van der Waals surface area contributed by atoms with Crippen LogP contribution in [0.25, 0.3) is 0 Å². The fraction of sp³-hybridized carbons (Fsp3) is 0.300. The molecule has 0 fully saturated rings. The van der Waals surface area contributed by atoms with E-state index in [1.165, 1.54) is 6.08 Å². The highest BCUT2D eigenvalue weighted by Gasteiger charge is 1.97. The van der Waals surface area contributed by atoms with Gasteiger partial charge in [0.2, 0.25) is 0 Å². The molecule has 0 aliphatic carbocycles. The van der Waals surface area contributed by atoms with Gasteiger partial charge in [0.25, 0.3) is 0 Å². The summed E-state index contributed by atoms with van der Waals surface area (Å²) in [6.45, 7) is 11.3. The van der Waals surface area contributed by atoms with Crippen LogP contribution in [-0.4, -0.2) is 5.71 Å². The quantitative estimate of drug-likeness (QED) is 0.469. The summed E-state index contributed by atoms with van der Waals surface area (Å²) in [6, 6.07) is 0. The van der Waals surface area contributed by atoms with Crippen molar-refractivity contribution in [1.82, 2.24) is 0 Å². The Balaban J connectivity index is 4.47. The zero-order valence-corrected chi connectivity index (χ0v) is 7.22. The van der Waals surface area contributed by atoms with E-state index in [1.54, 1.807) is 12.2 Å². The lowest BCUT2D eigenvalue weighted by molar-refractivity contribution is 0.793. The maximum atomic E-state index is 7.32. The summed E-state index contributed by atoms with van der Waals surface area (Å²) >= 11 is 0. The Kier molecular flexibility index (Phi) is 4.20.